The van der Waals surface area contributed by atoms with Crippen LogP contribution in [0.5, 0.6) is 5.75 Å². The van der Waals surface area contributed by atoms with E-state index < -0.39 is 5.97 Å². The summed E-state index contributed by atoms with van der Waals surface area (Å²) in [5.41, 5.74) is 0.696. The molecule has 0 saturated heterocycles. The number of benzene rings is 1. The van der Waals surface area contributed by atoms with Gasteiger partial charge in [0.15, 0.2) is 6.61 Å². The molecule has 0 spiro atoms. The Hall–Kier alpha value is -2.04. The number of carbonyl (C=O) groups excluding carboxylic acids is 2. The van der Waals surface area contributed by atoms with Crippen molar-refractivity contribution in [3.63, 3.8) is 0 Å². The van der Waals surface area contributed by atoms with Gasteiger partial charge >= 0.3 is 0 Å². The number of hydrogen-bond donors (Lipinski definition) is 0. The van der Waals surface area contributed by atoms with Crippen LogP contribution in [-0.2, 0) is 9.59 Å². The highest BCUT2D eigenvalue weighted by Crippen LogP contribution is 2.31. The Bertz CT molecular complexity index is 444. The maximum Gasteiger partial charge on any atom is 0.265 e. The second-order valence-corrected chi connectivity index (χ2v) is 3.78. The molecular formula is C12H12NO4-. The molecule has 0 aliphatic carbocycles. The second-order valence-electron chi connectivity index (χ2n) is 3.78. The van der Waals surface area contributed by atoms with Crippen LogP contribution >= 0.6 is 0 Å². The number of carbonyl (C=O) groups is 2. The normalized spacial score (nSPS) is 14.1. The molecule has 0 saturated carbocycles. The molecule has 1 aliphatic rings. The molecule has 0 radical (unpaired) electrons. The summed E-state index contributed by atoms with van der Waals surface area (Å²) in [6.07, 6.45) is 0.329. The zero-order chi connectivity index (χ0) is 12.3. The molecule has 1 aromatic carbocycles. The fraction of sp³-hybridized carbons (Fsp3) is 0.333. The van der Waals surface area contributed by atoms with E-state index >= 15 is 0 Å². The third-order valence-corrected chi connectivity index (χ3v) is 2.57. The Labute approximate surface area is 98.6 Å². The van der Waals surface area contributed by atoms with Gasteiger partial charge in [0.1, 0.15) is 5.75 Å². The van der Waals surface area contributed by atoms with Crippen LogP contribution in [0.25, 0.3) is 0 Å². The van der Waals surface area contributed by atoms with Gasteiger partial charge in [0.2, 0.25) is 0 Å². The van der Waals surface area contributed by atoms with Gasteiger partial charge in [0, 0.05) is 12.5 Å². The van der Waals surface area contributed by atoms with Gasteiger partial charge in [-0.15, -0.1) is 0 Å². The van der Waals surface area contributed by atoms with Crippen LogP contribution in [-0.4, -0.2) is 25.0 Å². The standard InChI is InChI=1S/C12H13NO4/c14-11-8-17-10-5-2-1-4-9(10)13(11)7-3-6-12(15)16/h1-2,4-5H,3,6-8H2,(H,15,16)/p-1. The number of aliphatic carboxylic acids is 1. The first-order chi connectivity index (χ1) is 8.18. The Morgan fingerprint density at radius 3 is 2.94 bits per heavy atom. The molecule has 0 bridgehead atoms. The van der Waals surface area contributed by atoms with Gasteiger partial charge in [-0.05, 0) is 25.0 Å². The van der Waals surface area contributed by atoms with Gasteiger partial charge < -0.3 is 19.5 Å². The lowest BCUT2D eigenvalue weighted by atomic mass is 10.2. The minimum Gasteiger partial charge on any atom is -0.550 e. The number of anilines is 1. The Morgan fingerprint density at radius 1 is 1.41 bits per heavy atom. The lowest BCUT2D eigenvalue weighted by molar-refractivity contribution is -0.305. The molecule has 1 aliphatic heterocycles. The zero-order valence-corrected chi connectivity index (χ0v) is 9.22. The zero-order valence-electron chi connectivity index (χ0n) is 9.22. The van der Waals surface area contributed by atoms with Crippen LogP contribution in [0.1, 0.15) is 12.8 Å². The molecule has 0 fully saturated rings. The first-order valence-electron chi connectivity index (χ1n) is 5.40. The number of para-hydroxylation sites is 2. The summed E-state index contributed by atoms with van der Waals surface area (Å²) in [6, 6.07) is 7.21. The fourth-order valence-corrected chi connectivity index (χ4v) is 1.78. The predicted octanol–water partition coefficient (Wildman–Crippen LogP) is -0.0579. The minimum absolute atomic E-state index is 0.00232. The summed E-state index contributed by atoms with van der Waals surface area (Å²) < 4.78 is 5.27. The monoisotopic (exact) mass is 234 g/mol. The van der Waals surface area contributed by atoms with Crippen molar-refractivity contribution in [1.29, 1.82) is 0 Å². The molecule has 5 nitrogen and oxygen atoms in total. The highest BCUT2D eigenvalue weighted by Gasteiger charge is 2.24. The van der Waals surface area contributed by atoms with Crippen molar-refractivity contribution in [3.05, 3.63) is 24.3 Å². The Kier molecular flexibility index (Phi) is 3.27. The first kappa shape index (κ1) is 11.4. The van der Waals surface area contributed by atoms with Gasteiger partial charge in [-0.25, -0.2) is 0 Å². The SMILES string of the molecule is O=C([O-])CCCN1C(=O)COc2ccccc21. The molecule has 0 N–H and O–H groups in total. The van der Waals surface area contributed by atoms with Crippen molar-refractivity contribution in [2.45, 2.75) is 12.8 Å². The van der Waals surface area contributed by atoms with Crippen LogP contribution in [0.3, 0.4) is 0 Å². The van der Waals surface area contributed by atoms with Crippen molar-refractivity contribution in [2.24, 2.45) is 0 Å². The molecule has 0 unspecified atom stereocenters. The number of carboxylic acid groups (broad SMARTS) is 1. The molecule has 90 valence electrons. The minimum atomic E-state index is -1.10. The van der Waals surface area contributed by atoms with E-state index in [0.717, 1.165) is 0 Å². The highest BCUT2D eigenvalue weighted by atomic mass is 16.5. The van der Waals surface area contributed by atoms with Crippen LogP contribution < -0.4 is 14.7 Å². The Morgan fingerprint density at radius 2 is 2.18 bits per heavy atom. The van der Waals surface area contributed by atoms with E-state index in [1.54, 1.807) is 17.0 Å². The number of fused-ring (bicyclic) bond motifs is 1. The van der Waals surface area contributed by atoms with Gasteiger partial charge in [-0.3, -0.25) is 4.79 Å². The van der Waals surface area contributed by atoms with E-state index in [4.69, 9.17) is 4.74 Å². The third kappa shape index (κ3) is 2.55. The number of ether oxygens (including phenoxy) is 1. The van der Waals surface area contributed by atoms with Crippen molar-refractivity contribution in [3.8, 4) is 5.75 Å². The second kappa shape index (κ2) is 4.86. The molecule has 1 heterocycles. The lowest BCUT2D eigenvalue weighted by Gasteiger charge is -2.29. The van der Waals surface area contributed by atoms with Gasteiger partial charge in [-0.2, -0.15) is 0 Å². The first-order valence-corrected chi connectivity index (χ1v) is 5.40. The topological polar surface area (TPSA) is 69.7 Å². The van der Waals surface area contributed by atoms with Crippen LogP contribution in [0.15, 0.2) is 24.3 Å². The number of rotatable bonds is 4. The highest BCUT2D eigenvalue weighted by molar-refractivity contribution is 5.97. The van der Waals surface area contributed by atoms with E-state index in [-0.39, 0.29) is 18.9 Å². The van der Waals surface area contributed by atoms with Crippen molar-refractivity contribution in [1.82, 2.24) is 0 Å². The third-order valence-electron chi connectivity index (χ3n) is 2.57. The van der Waals surface area contributed by atoms with Crippen LogP contribution in [0.2, 0.25) is 0 Å². The maximum absolute atomic E-state index is 11.7. The quantitative estimate of drug-likeness (QED) is 0.732. The van der Waals surface area contributed by atoms with Crippen molar-refractivity contribution in [2.75, 3.05) is 18.1 Å². The van der Waals surface area contributed by atoms with E-state index in [1.165, 1.54) is 0 Å². The molecule has 0 aromatic heterocycles. The number of nitrogens with zero attached hydrogens (tertiary/aromatic N) is 1. The molecule has 2 rings (SSSR count). The molecule has 1 amide bonds. The average molecular weight is 234 g/mol. The summed E-state index contributed by atoms with van der Waals surface area (Å²) >= 11 is 0. The van der Waals surface area contributed by atoms with E-state index in [9.17, 15) is 14.7 Å². The molecule has 1 aromatic rings. The van der Waals surface area contributed by atoms with Gasteiger partial charge in [-0.1, -0.05) is 12.1 Å². The van der Waals surface area contributed by atoms with Crippen molar-refractivity contribution >= 4 is 17.6 Å². The van der Waals surface area contributed by atoms with E-state index in [0.29, 0.717) is 24.4 Å². The predicted molar refractivity (Wildman–Crippen MR) is 58.5 cm³/mol. The molecular weight excluding hydrogens is 222 g/mol. The smallest absolute Gasteiger partial charge is 0.265 e. The van der Waals surface area contributed by atoms with E-state index in [2.05, 4.69) is 0 Å². The molecule has 17 heavy (non-hydrogen) atoms. The summed E-state index contributed by atoms with van der Waals surface area (Å²) in [5.74, 6) is -0.596. The number of hydrogen-bond acceptors (Lipinski definition) is 4. The fourth-order valence-electron chi connectivity index (χ4n) is 1.78. The lowest BCUT2D eigenvalue weighted by Crippen LogP contribution is -2.39. The number of carboxylic acids is 1. The van der Waals surface area contributed by atoms with E-state index in [1.807, 2.05) is 12.1 Å². The summed E-state index contributed by atoms with van der Waals surface area (Å²) in [6.45, 7) is 0.371. The van der Waals surface area contributed by atoms with Crippen LogP contribution in [0, 0.1) is 0 Å². The average Bonchev–Trinajstić information content (AvgIpc) is 2.32. The Balaban J connectivity index is 2.10. The molecule has 5 heteroatoms. The maximum atomic E-state index is 11.7. The van der Waals surface area contributed by atoms with Gasteiger partial charge in [0.25, 0.3) is 5.91 Å². The summed E-state index contributed by atoms with van der Waals surface area (Å²) in [4.78, 5) is 23.6. The van der Waals surface area contributed by atoms with Crippen molar-refractivity contribution < 1.29 is 19.4 Å². The summed E-state index contributed by atoms with van der Waals surface area (Å²) in [5, 5.41) is 10.3. The number of amides is 1. The van der Waals surface area contributed by atoms with Gasteiger partial charge in [0.05, 0.1) is 5.69 Å². The largest absolute Gasteiger partial charge is 0.550 e. The summed E-state index contributed by atoms with van der Waals surface area (Å²) in [7, 11) is 0. The van der Waals surface area contributed by atoms with Crippen LogP contribution in [0.4, 0.5) is 5.69 Å². The molecule has 0 atom stereocenters.